The van der Waals surface area contributed by atoms with Crippen LogP contribution in [0, 0.1) is 0 Å². The van der Waals surface area contributed by atoms with Gasteiger partial charge in [-0.3, -0.25) is 4.79 Å². The van der Waals surface area contributed by atoms with Crippen LogP contribution in [0.15, 0.2) is 41.3 Å². The first kappa shape index (κ1) is 19.5. The number of nitrogens with zero attached hydrogens (tertiary/aromatic N) is 1. The van der Waals surface area contributed by atoms with Gasteiger partial charge in [-0.05, 0) is 49.2 Å². The van der Waals surface area contributed by atoms with Crippen LogP contribution in [0.2, 0.25) is 15.1 Å². The summed E-state index contributed by atoms with van der Waals surface area (Å²) in [5.41, 5.74) is 0.578. The van der Waals surface area contributed by atoms with Crippen molar-refractivity contribution in [2.75, 3.05) is 18.4 Å². The van der Waals surface area contributed by atoms with Crippen molar-refractivity contribution in [3.05, 3.63) is 57.0 Å². The monoisotopic (exact) mass is 432 g/mol. The Morgan fingerprint density at radius 3 is 2.19 bits per heavy atom. The van der Waals surface area contributed by atoms with Crippen LogP contribution in [0.1, 0.15) is 23.2 Å². The highest BCUT2D eigenvalue weighted by Crippen LogP contribution is 2.30. The molecule has 1 saturated heterocycles. The number of nitrogens with one attached hydrogen (secondary N) is 1. The quantitative estimate of drug-likeness (QED) is 0.761. The van der Waals surface area contributed by atoms with Gasteiger partial charge >= 0.3 is 0 Å². The number of carbonyl (C=O) groups excluding carboxylic acids is 1. The molecule has 1 aliphatic rings. The largest absolute Gasteiger partial charge is 0.322 e. The Labute approximate surface area is 166 Å². The summed E-state index contributed by atoms with van der Waals surface area (Å²) in [5.74, 6) is -0.457. The normalized spacial score (nSPS) is 15.2. The summed E-state index contributed by atoms with van der Waals surface area (Å²) in [6.07, 6.45) is 1.64. The zero-order chi connectivity index (χ0) is 18.9. The van der Waals surface area contributed by atoms with E-state index in [1.54, 1.807) is 0 Å². The van der Waals surface area contributed by atoms with Crippen LogP contribution in [0.5, 0.6) is 0 Å². The van der Waals surface area contributed by atoms with E-state index in [9.17, 15) is 13.2 Å². The molecule has 2 aromatic rings. The van der Waals surface area contributed by atoms with Gasteiger partial charge in [0.1, 0.15) is 4.90 Å². The molecule has 0 aromatic heterocycles. The molecule has 0 saturated carbocycles. The predicted octanol–water partition coefficient (Wildman–Crippen LogP) is 4.68. The van der Waals surface area contributed by atoms with Crippen LogP contribution in [-0.4, -0.2) is 31.7 Å². The number of benzene rings is 2. The number of hydrogen-bond donors (Lipinski definition) is 1. The number of halogens is 3. The second kappa shape index (κ2) is 7.74. The van der Waals surface area contributed by atoms with Crippen molar-refractivity contribution >= 4 is 56.4 Å². The zero-order valence-corrected chi connectivity index (χ0v) is 16.6. The molecule has 0 aliphatic carbocycles. The van der Waals surface area contributed by atoms with Crippen molar-refractivity contribution in [2.24, 2.45) is 0 Å². The number of amides is 1. The molecule has 9 heteroatoms. The van der Waals surface area contributed by atoms with Gasteiger partial charge < -0.3 is 5.32 Å². The highest BCUT2D eigenvalue weighted by molar-refractivity contribution is 7.89. The van der Waals surface area contributed by atoms with Gasteiger partial charge in [0.05, 0.1) is 5.02 Å². The average molecular weight is 434 g/mol. The fourth-order valence-corrected chi connectivity index (χ4v) is 5.28. The maximum atomic E-state index is 12.7. The van der Waals surface area contributed by atoms with Crippen LogP contribution in [0.4, 0.5) is 5.69 Å². The minimum atomic E-state index is -3.70. The van der Waals surface area contributed by atoms with Crippen molar-refractivity contribution in [3.8, 4) is 0 Å². The summed E-state index contributed by atoms with van der Waals surface area (Å²) in [6.45, 7) is 0.937. The molecule has 1 aliphatic heterocycles. The first-order valence-corrected chi connectivity index (χ1v) is 10.4. The van der Waals surface area contributed by atoms with E-state index < -0.39 is 15.9 Å². The summed E-state index contributed by atoms with van der Waals surface area (Å²) in [6, 6.07) is 8.81. The minimum Gasteiger partial charge on any atom is -0.322 e. The molecule has 0 radical (unpaired) electrons. The van der Waals surface area contributed by atoms with Crippen LogP contribution >= 0.6 is 34.8 Å². The predicted molar refractivity (Wildman–Crippen MR) is 104 cm³/mol. The van der Waals surface area contributed by atoms with Crippen molar-refractivity contribution < 1.29 is 13.2 Å². The third-order valence-electron chi connectivity index (χ3n) is 4.00. The zero-order valence-electron chi connectivity index (χ0n) is 13.5. The summed E-state index contributed by atoms with van der Waals surface area (Å²) >= 11 is 17.9. The van der Waals surface area contributed by atoms with E-state index in [2.05, 4.69) is 5.32 Å². The third kappa shape index (κ3) is 4.15. The molecule has 1 fully saturated rings. The lowest BCUT2D eigenvalue weighted by Gasteiger charge is -2.17. The fourth-order valence-electron chi connectivity index (χ4n) is 2.73. The number of rotatable bonds is 4. The molecule has 5 nitrogen and oxygen atoms in total. The second-order valence-corrected chi connectivity index (χ2v) is 9.06. The van der Waals surface area contributed by atoms with E-state index in [-0.39, 0.29) is 15.5 Å². The van der Waals surface area contributed by atoms with Gasteiger partial charge in [-0.25, -0.2) is 8.42 Å². The molecule has 1 heterocycles. The van der Waals surface area contributed by atoms with E-state index in [1.165, 1.54) is 40.7 Å². The summed E-state index contributed by atoms with van der Waals surface area (Å²) < 4.78 is 26.9. The summed E-state index contributed by atoms with van der Waals surface area (Å²) in [4.78, 5) is 12.4. The van der Waals surface area contributed by atoms with Crippen molar-refractivity contribution in [1.29, 1.82) is 0 Å². The van der Waals surface area contributed by atoms with Gasteiger partial charge in [0.15, 0.2) is 0 Å². The highest BCUT2D eigenvalue weighted by Gasteiger charge is 2.29. The minimum absolute atomic E-state index is 0.0250. The summed E-state index contributed by atoms with van der Waals surface area (Å²) in [5, 5.41) is 3.42. The lowest BCUT2D eigenvalue weighted by Crippen LogP contribution is -2.28. The Bertz CT molecular complexity index is 937. The van der Waals surface area contributed by atoms with Gasteiger partial charge in [0.25, 0.3) is 5.91 Å². The number of carbonyl (C=O) groups is 1. The molecule has 3 rings (SSSR count). The molecule has 0 atom stereocenters. The Kier molecular flexibility index (Phi) is 5.79. The van der Waals surface area contributed by atoms with Gasteiger partial charge in [-0.15, -0.1) is 0 Å². The van der Waals surface area contributed by atoms with E-state index in [4.69, 9.17) is 34.8 Å². The van der Waals surface area contributed by atoms with Gasteiger partial charge in [-0.1, -0.05) is 34.8 Å². The number of anilines is 1. The molecule has 26 heavy (non-hydrogen) atoms. The standard InChI is InChI=1S/C17H15Cl3N2O3S/c18-12-7-11(8-13(19)9-12)17(23)21-14-3-4-15(20)16(10-14)26(24,25)22-5-1-2-6-22/h3-4,7-10H,1-2,5-6H2,(H,21,23). The smallest absolute Gasteiger partial charge is 0.255 e. The molecule has 0 bridgehead atoms. The maximum Gasteiger partial charge on any atom is 0.255 e. The molecule has 1 amide bonds. The van der Waals surface area contributed by atoms with E-state index in [0.717, 1.165) is 12.8 Å². The van der Waals surface area contributed by atoms with Crippen LogP contribution in [0.25, 0.3) is 0 Å². The van der Waals surface area contributed by atoms with E-state index >= 15 is 0 Å². The lowest BCUT2D eigenvalue weighted by molar-refractivity contribution is 0.102. The first-order valence-electron chi connectivity index (χ1n) is 7.84. The van der Waals surface area contributed by atoms with E-state index in [0.29, 0.717) is 28.8 Å². The first-order chi connectivity index (χ1) is 12.3. The SMILES string of the molecule is O=C(Nc1ccc(Cl)c(S(=O)(=O)N2CCCC2)c1)c1cc(Cl)cc(Cl)c1. The topological polar surface area (TPSA) is 66.5 Å². The highest BCUT2D eigenvalue weighted by atomic mass is 35.5. The molecule has 0 unspecified atom stereocenters. The Morgan fingerprint density at radius 2 is 1.58 bits per heavy atom. The van der Waals surface area contributed by atoms with Crippen LogP contribution in [0.3, 0.4) is 0 Å². The van der Waals surface area contributed by atoms with E-state index in [1.807, 2.05) is 0 Å². The fraction of sp³-hybridized carbons (Fsp3) is 0.235. The molecular weight excluding hydrogens is 419 g/mol. The molecule has 138 valence electrons. The lowest BCUT2D eigenvalue weighted by atomic mass is 10.2. The van der Waals surface area contributed by atoms with Crippen LogP contribution < -0.4 is 5.32 Å². The molecule has 1 N–H and O–H groups in total. The van der Waals surface area contributed by atoms with Crippen molar-refractivity contribution in [1.82, 2.24) is 4.31 Å². The molecule has 0 spiro atoms. The van der Waals surface area contributed by atoms with Gasteiger partial charge in [-0.2, -0.15) is 4.31 Å². The second-order valence-electron chi connectivity index (χ2n) is 5.87. The Hall–Kier alpha value is -1.31. The average Bonchev–Trinajstić information content (AvgIpc) is 3.11. The third-order valence-corrected chi connectivity index (χ3v) is 6.81. The van der Waals surface area contributed by atoms with Crippen molar-refractivity contribution in [3.63, 3.8) is 0 Å². The summed E-state index contributed by atoms with van der Waals surface area (Å²) in [7, 11) is -3.70. The van der Waals surface area contributed by atoms with Crippen LogP contribution in [-0.2, 0) is 10.0 Å². The Balaban J connectivity index is 1.89. The molecule has 2 aromatic carbocycles. The van der Waals surface area contributed by atoms with Gasteiger partial charge in [0.2, 0.25) is 10.0 Å². The van der Waals surface area contributed by atoms with Gasteiger partial charge in [0, 0.05) is 34.4 Å². The number of hydrogen-bond acceptors (Lipinski definition) is 3. The maximum absolute atomic E-state index is 12.7. The van der Waals surface area contributed by atoms with Crippen molar-refractivity contribution in [2.45, 2.75) is 17.7 Å². The molecular formula is C17H15Cl3N2O3S. The number of sulfonamides is 1. The Morgan fingerprint density at radius 1 is 0.962 bits per heavy atom.